The highest BCUT2D eigenvalue weighted by molar-refractivity contribution is 7.12. The van der Waals surface area contributed by atoms with E-state index in [4.69, 9.17) is 5.11 Å². The van der Waals surface area contributed by atoms with Crippen molar-refractivity contribution in [3.8, 4) is 0 Å². The van der Waals surface area contributed by atoms with Crippen molar-refractivity contribution in [3.05, 3.63) is 21.4 Å². The van der Waals surface area contributed by atoms with Crippen molar-refractivity contribution in [1.29, 1.82) is 0 Å². The van der Waals surface area contributed by atoms with E-state index in [1.807, 2.05) is 0 Å². The molecule has 1 aromatic rings. The molecule has 0 saturated heterocycles. The Kier molecular flexibility index (Phi) is 4.33. The molecule has 0 fully saturated rings. The molecule has 0 radical (unpaired) electrons. The molecule has 1 atom stereocenters. The fraction of sp³-hybridized carbons (Fsp3) is 0.615. The van der Waals surface area contributed by atoms with Crippen LogP contribution in [0.2, 0.25) is 0 Å². The summed E-state index contributed by atoms with van der Waals surface area (Å²) >= 11 is 1.78. The summed E-state index contributed by atoms with van der Waals surface area (Å²) in [4.78, 5) is 13.6. The minimum Gasteiger partial charge on any atom is -0.481 e. The van der Waals surface area contributed by atoms with Gasteiger partial charge in [-0.2, -0.15) is 0 Å². The van der Waals surface area contributed by atoms with E-state index in [1.165, 1.54) is 15.3 Å². The lowest BCUT2D eigenvalue weighted by atomic mass is 9.93. The van der Waals surface area contributed by atoms with E-state index in [9.17, 15) is 4.79 Å². The van der Waals surface area contributed by atoms with Gasteiger partial charge in [-0.1, -0.05) is 0 Å². The van der Waals surface area contributed by atoms with Gasteiger partial charge in [-0.25, -0.2) is 0 Å². The number of carboxylic acid groups (broad SMARTS) is 1. The molecule has 0 saturated carbocycles. The smallest absolute Gasteiger partial charge is 0.310 e. The normalized spacial score (nSPS) is 13.7. The fourth-order valence-corrected chi connectivity index (χ4v) is 2.70. The average Bonchev–Trinajstić information content (AvgIpc) is 2.54. The van der Waals surface area contributed by atoms with Crippen LogP contribution in [0.5, 0.6) is 0 Å². The quantitative estimate of drug-likeness (QED) is 0.850. The fourth-order valence-electron chi connectivity index (χ4n) is 1.67. The SMILES string of the molecule is Cc1cc(C(C)NCC(C)(C)C(=O)O)c(C)s1. The largest absolute Gasteiger partial charge is 0.481 e. The number of carboxylic acids is 1. The zero-order chi connectivity index (χ0) is 13.2. The van der Waals surface area contributed by atoms with E-state index >= 15 is 0 Å². The van der Waals surface area contributed by atoms with Crippen LogP contribution in [0.3, 0.4) is 0 Å². The van der Waals surface area contributed by atoms with Crippen LogP contribution in [0.25, 0.3) is 0 Å². The van der Waals surface area contributed by atoms with E-state index in [2.05, 4.69) is 32.2 Å². The van der Waals surface area contributed by atoms with Crippen LogP contribution in [0, 0.1) is 19.3 Å². The zero-order valence-corrected chi connectivity index (χ0v) is 11.9. The van der Waals surface area contributed by atoms with Gasteiger partial charge in [-0.15, -0.1) is 11.3 Å². The monoisotopic (exact) mass is 255 g/mol. The summed E-state index contributed by atoms with van der Waals surface area (Å²) in [5.74, 6) is -0.768. The lowest BCUT2D eigenvalue weighted by Gasteiger charge is -2.23. The number of thiophene rings is 1. The molecule has 2 N–H and O–H groups in total. The van der Waals surface area contributed by atoms with Gasteiger partial charge in [-0.05, 0) is 46.2 Å². The molecule has 4 heteroatoms. The third kappa shape index (κ3) is 3.54. The first kappa shape index (κ1) is 14.2. The van der Waals surface area contributed by atoms with E-state index in [1.54, 1.807) is 25.2 Å². The summed E-state index contributed by atoms with van der Waals surface area (Å²) in [7, 11) is 0. The lowest BCUT2D eigenvalue weighted by molar-refractivity contribution is -0.146. The maximum atomic E-state index is 11.0. The lowest BCUT2D eigenvalue weighted by Crippen LogP contribution is -2.37. The molecule has 1 heterocycles. The standard InChI is InChI=1S/C13H21NO2S/c1-8-6-11(10(3)17-8)9(2)14-7-13(4,5)12(15)16/h6,9,14H,7H2,1-5H3,(H,15,16). The van der Waals surface area contributed by atoms with Crippen LogP contribution in [-0.4, -0.2) is 17.6 Å². The molecule has 3 nitrogen and oxygen atoms in total. The topological polar surface area (TPSA) is 49.3 Å². The van der Waals surface area contributed by atoms with Gasteiger partial charge in [0, 0.05) is 22.3 Å². The van der Waals surface area contributed by atoms with Crippen LogP contribution < -0.4 is 5.32 Å². The van der Waals surface area contributed by atoms with Crippen LogP contribution >= 0.6 is 11.3 Å². The van der Waals surface area contributed by atoms with E-state index in [-0.39, 0.29) is 6.04 Å². The molecule has 0 aliphatic carbocycles. The highest BCUT2D eigenvalue weighted by atomic mass is 32.1. The molecule has 0 amide bonds. The Morgan fingerprint density at radius 1 is 1.53 bits per heavy atom. The summed E-state index contributed by atoms with van der Waals surface area (Å²) in [6.07, 6.45) is 0. The van der Waals surface area contributed by atoms with Crippen molar-refractivity contribution in [2.75, 3.05) is 6.54 Å². The van der Waals surface area contributed by atoms with Gasteiger partial charge in [-0.3, -0.25) is 4.79 Å². The Balaban J connectivity index is 2.65. The second kappa shape index (κ2) is 5.19. The predicted octanol–water partition coefficient (Wildman–Crippen LogP) is 3.13. The van der Waals surface area contributed by atoms with E-state index in [0.717, 1.165) is 0 Å². The molecule has 1 unspecified atom stereocenters. The molecule has 1 rings (SSSR count). The van der Waals surface area contributed by atoms with Crippen molar-refractivity contribution in [1.82, 2.24) is 5.32 Å². The van der Waals surface area contributed by atoms with E-state index in [0.29, 0.717) is 6.54 Å². The van der Waals surface area contributed by atoms with Crippen LogP contribution in [0.1, 0.15) is 42.1 Å². The Bertz CT molecular complexity index is 410. The molecule has 0 bridgehead atoms. The number of hydrogen-bond acceptors (Lipinski definition) is 3. The number of aryl methyl sites for hydroxylation is 2. The molecule has 17 heavy (non-hydrogen) atoms. The maximum Gasteiger partial charge on any atom is 0.310 e. The van der Waals surface area contributed by atoms with Gasteiger partial charge in [0.1, 0.15) is 0 Å². The molecule has 0 aliphatic rings. The summed E-state index contributed by atoms with van der Waals surface area (Å²) in [6.45, 7) is 10.2. The van der Waals surface area contributed by atoms with Gasteiger partial charge in [0.25, 0.3) is 0 Å². The Hall–Kier alpha value is -0.870. The van der Waals surface area contributed by atoms with Gasteiger partial charge < -0.3 is 10.4 Å². The van der Waals surface area contributed by atoms with Gasteiger partial charge >= 0.3 is 5.97 Å². The third-order valence-electron chi connectivity index (χ3n) is 2.98. The molecule has 1 aromatic heterocycles. The second-order valence-corrected chi connectivity index (χ2v) is 6.62. The first-order valence-corrected chi connectivity index (χ1v) is 6.59. The van der Waals surface area contributed by atoms with Crippen LogP contribution in [0.4, 0.5) is 0 Å². The van der Waals surface area contributed by atoms with Crippen molar-refractivity contribution in [3.63, 3.8) is 0 Å². The summed E-state index contributed by atoms with van der Waals surface area (Å²) in [5, 5.41) is 12.3. The van der Waals surface area contributed by atoms with Crippen LogP contribution in [-0.2, 0) is 4.79 Å². The van der Waals surface area contributed by atoms with Gasteiger partial charge in [0.15, 0.2) is 0 Å². The highest BCUT2D eigenvalue weighted by Crippen LogP contribution is 2.26. The number of aliphatic carboxylic acids is 1. The minimum absolute atomic E-state index is 0.193. The molecule has 0 aliphatic heterocycles. The highest BCUT2D eigenvalue weighted by Gasteiger charge is 2.27. The Labute approximate surface area is 107 Å². The third-order valence-corrected chi connectivity index (χ3v) is 3.96. The average molecular weight is 255 g/mol. The molecule has 0 aromatic carbocycles. The second-order valence-electron chi connectivity index (χ2n) is 5.16. The Morgan fingerprint density at radius 2 is 2.12 bits per heavy atom. The van der Waals surface area contributed by atoms with Crippen molar-refractivity contribution < 1.29 is 9.90 Å². The van der Waals surface area contributed by atoms with Crippen molar-refractivity contribution in [2.45, 2.75) is 40.7 Å². The molecule has 0 spiro atoms. The number of nitrogens with one attached hydrogen (secondary N) is 1. The van der Waals surface area contributed by atoms with Gasteiger partial charge in [0.05, 0.1) is 5.41 Å². The summed E-state index contributed by atoms with van der Waals surface area (Å²) in [5.41, 5.74) is 0.543. The summed E-state index contributed by atoms with van der Waals surface area (Å²) in [6, 6.07) is 2.37. The predicted molar refractivity (Wildman–Crippen MR) is 71.6 cm³/mol. The number of carbonyl (C=O) groups is 1. The van der Waals surface area contributed by atoms with Crippen LogP contribution in [0.15, 0.2) is 6.07 Å². The first-order valence-electron chi connectivity index (χ1n) is 5.78. The van der Waals surface area contributed by atoms with Gasteiger partial charge in [0.2, 0.25) is 0 Å². The molecular formula is C13H21NO2S. The number of hydrogen-bond donors (Lipinski definition) is 2. The Morgan fingerprint density at radius 3 is 2.53 bits per heavy atom. The van der Waals surface area contributed by atoms with Crippen molar-refractivity contribution in [2.24, 2.45) is 5.41 Å². The molecule has 96 valence electrons. The van der Waals surface area contributed by atoms with Crippen molar-refractivity contribution >= 4 is 17.3 Å². The number of rotatable bonds is 5. The van der Waals surface area contributed by atoms with E-state index < -0.39 is 11.4 Å². The summed E-state index contributed by atoms with van der Waals surface area (Å²) < 4.78 is 0. The zero-order valence-electron chi connectivity index (χ0n) is 11.1. The first-order chi connectivity index (χ1) is 7.74. The minimum atomic E-state index is -0.768. The maximum absolute atomic E-state index is 11.0. The molecular weight excluding hydrogens is 234 g/mol.